The molecule has 2 aromatic heterocycles. The van der Waals surface area contributed by atoms with Gasteiger partial charge in [-0.2, -0.15) is 0 Å². The van der Waals surface area contributed by atoms with E-state index in [-0.39, 0.29) is 0 Å². The van der Waals surface area contributed by atoms with E-state index >= 15 is 0 Å². The van der Waals surface area contributed by atoms with Crippen LogP contribution in [0.4, 0.5) is 0 Å². The van der Waals surface area contributed by atoms with Gasteiger partial charge < -0.3 is 4.57 Å². The fourth-order valence-corrected chi connectivity index (χ4v) is 4.02. The van der Waals surface area contributed by atoms with Crippen LogP contribution in [0.3, 0.4) is 0 Å². The Balaban J connectivity index is 1.65. The van der Waals surface area contributed by atoms with Gasteiger partial charge in [0.2, 0.25) is 0 Å². The number of thioether (sulfide) groups is 1. The van der Waals surface area contributed by atoms with E-state index in [0.717, 1.165) is 33.5 Å². The summed E-state index contributed by atoms with van der Waals surface area (Å²) in [5.74, 6) is 0.888. The van der Waals surface area contributed by atoms with Crippen molar-refractivity contribution < 1.29 is 0 Å². The molecule has 3 nitrogen and oxygen atoms in total. The average Bonchev–Trinajstić information content (AvgIpc) is 3.00. The first kappa shape index (κ1) is 17.1. The van der Waals surface area contributed by atoms with E-state index in [1.54, 1.807) is 18.0 Å². The number of pyridine rings is 1. The molecule has 0 aliphatic rings. The SMILES string of the molecule is Cc1cccc(CSc2nc3ccncc3n2Cc2ccc(Cl)cc2)c1. The summed E-state index contributed by atoms with van der Waals surface area (Å²) in [5.41, 5.74) is 5.80. The molecule has 0 spiro atoms. The maximum Gasteiger partial charge on any atom is 0.169 e. The average molecular weight is 380 g/mol. The van der Waals surface area contributed by atoms with Crippen molar-refractivity contribution in [3.05, 3.63) is 88.7 Å². The second kappa shape index (κ2) is 7.52. The molecule has 0 aliphatic heterocycles. The number of hydrogen-bond donors (Lipinski definition) is 0. The van der Waals surface area contributed by atoms with Gasteiger partial charge in [-0.25, -0.2) is 4.98 Å². The lowest BCUT2D eigenvalue weighted by molar-refractivity contribution is 0.730. The Kier molecular flexibility index (Phi) is 4.96. The molecular formula is C21H18ClN3S. The summed E-state index contributed by atoms with van der Waals surface area (Å²) in [7, 11) is 0. The molecule has 0 saturated heterocycles. The van der Waals surface area contributed by atoms with Crippen LogP contribution >= 0.6 is 23.4 Å². The summed E-state index contributed by atoms with van der Waals surface area (Å²) in [6.07, 6.45) is 3.67. The predicted molar refractivity (Wildman–Crippen MR) is 109 cm³/mol. The minimum atomic E-state index is 0.746. The standard InChI is InChI=1S/C21H18ClN3S/c1-15-3-2-4-17(11-15)14-26-21-24-19-9-10-23-12-20(19)25(21)13-16-5-7-18(22)8-6-16/h2-12H,13-14H2,1H3. The minimum absolute atomic E-state index is 0.746. The van der Waals surface area contributed by atoms with Crippen molar-refractivity contribution in [2.75, 3.05) is 0 Å². The Bertz CT molecular complexity index is 1040. The number of nitrogens with zero attached hydrogens (tertiary/aromatic N) is 3. The molecule has 26 heavy (non-hydrogen) atoms. The summed E-state index contributed by atoms with van der Waals surface area (Å²) < 4.78 is 2.23. The van der Waals surface area contributed by atoms with Crippen LogP contribution in [-0.4, -0.2) is 14.5 Å². The van der Waals surface area contributed by atoms with Crippen LogP contribution < -0.4 is 0 Å². The highest BCUT2D eigenvalue weighted by Gasteiger charge is 2.12. The van der Waals surface area contributed by atoms with Crippen LogP contribution in [0.5, 0.6) is 0 Å². The van der Waals surface area contributed by atoms with Gasteiger partial charge in [-0.1, -0.05) is 65.3 Å². The van der Waals surface area contributed by atoms with Crippen LogP contribution in [0.1, 0.15) is 16.7 Å². The molecule has 0 saturated carbocycles. The van der Waals surface area contributed by atoms with Crippen LogP contribution in [0.25, 0.3) is 11.0 Å². The van der Waals surface area contributed by atoms with E-state index in [1.807, 2.05) is 24.4 Å². The first-order valence-electron chi connectivity index (χ1n) is 8.42. The monoisotopic (exact) mass is 379 g/mol. The highest BCUT2D eigenvalue weighted by atomic mass is 35.5. The molecule has 2 heterocycles. The molecule has 4 rings (SSSR count). The van der Waals surface area contributed by atoms with Gasteiger partial charge in [-0.05, 0) is 36.2 Å². The molecule has 0 fully saturated rings. The van der Waals surface area contributed by atoms with Crippen molar-refractivity contribution in [2.45, 2.75) is 24.4 Å². The third kappa shape index (κ3) is 3.76. The molecule has 0 atom stereocenters. The normalized spacial score (nSPS) is 11.2. The Morgan fingerprint density at radius 3 is 2.69 bits per heavy atom. The van der Waals surface area contributed by atoms with Gasteiger partial charge in [0.15, 0.2) is 5.16 Å². The van der Waals surface area contributed by atoms with Gasteiger partial charge in [0, 0.05) is 17.0 Å². The number of hydrogen-bond acceptors (Lipinski definition) is 3. The maximum absolute atomic E-state index is 6.02. The highest BCUT2D eigenvalue weighted by Crippen LogP contribution is 2.27. The van der Waals surface area contributed by atoms with Gasteiger partial charge in [0.1, 0.15) is 0 Å². The molecule has 0 radical (unpaired) electrons. The number of fused-ring (bicyclic) bond motifs is 1. The fraction of sp³-hybridized carbons (Fsp3) is 0.143. The van der Waals surface area contributed by atoms with Gasteiger partial charge in [0.25, 0.3) is 0 Å². The number of aromatic nitrogens is 3. The Morgan fingerprint density at radius 2 is 1.88 bits per heavy atom. The van der Waals surface area contributed by atoms with E-state index in [1.165, 1.54) is 16.7 Å². The summed E-state index contributed by atoms with van der Waals surface area (Å²) in [6, 6.07) is 18.5. The smallest absolute Gasteiger partial charge is 0.169 e. The van der Waals surface area contributed by atoms with Crippen molar-refractivity contribution in [2.24, 2.45) is 0 Å². The first-order valence-corrected chi connectivity index (χ1v) is 9.78. The van der Waals surface area contributed by atoms with Crippen LogP contribution in [0, 0.1) is 6.92 Å². The summed E-state index contributed by atoms with van der Waals surface area (Å²) in [5, 5.41) is 1.75. The van der Waals surface area contributed by atoms with Crippen LogP contribution in [-0.2, 0) is 12.3 Å². The second-order valence-electron chi connectivity index (χ2n) is 6.25. The molecule has 4 aromatic rings. The topological polar surface area (TPSA) is 30.7 Å². The fourth-order valence-electron chi connectivity index (χ4n) is 2.93. The van der Waals surface area contributed by atoms with E-state index < -0.39 is 0 Å². The summed E-state index contributed by atoms with van der Waals surface area (Å²) >= 11 is 7.77. The first-order chi connectivity index (χ1) is 12.7. The van der Waals surface area contributed by atoms with Crippen molar-refractivity contribution >= 4 is 34.4 Å². The van der Waals surface area contributed by atoms with E-state index in [4.69, 9.17) is 16.6 Å². The summed E-state index contributed by atoms with van der Waals surface area (Å²) in [6.45, 7) is 2.87. The molecule has 0 amide bonds. The minimum Gasteiger partial charge on any atom is -0.313 e. The quantitative estimate of drug-likeness (QED) is 0.414. The molecular weight excluding hydrogens is 362 g/mol. The number of halogens is 1. The zero-order valence-electron chi connectivity index (χ0n) is 14.4. The molecule has 2 aromatic carbocycles. The highest BCUT2D eigenvalue weighted by molar-refractivity contribution is 7.98. The van der Waals surface area contributed by atoms with E-state index in [2.05, 4.69) is 52.9 Å². The Labute approximate surface area is 162 Å². The number of rotatable bonds is 5. The second-order valence-corrected chi connectivity index (χ2v) is 7.63. The lowest BCUT2D eigenvalue weighted by Crippen LogP contribution is -2.02. The number of imidazole rings is 1. The van der Waals surface area contributed by atoms with Crippen molar-refractivity contribution in [3.8, 4) is 0 Å². The zero-order valence-corrected chi connectivity index (χ0v) is 16.0. The molecule has 0 N–H and O–H groups in total. The molecule has 0 unspecified atom stereocenters. The molecule has 0 aliphatic carbocycles. The van der Waals surface area contributed by atoms with Gasteiger partial charge in [-0.15, -0.1) is 0 Å². The Morgan fingerprint density at radius 1 is 1.04 bits per heavy atom. The third-order valence-electron chi connectivity index (χ3n) is 4.22. The molecule has 5 heteroatoms. The molecule has 0 bridgehead atoms. The van der Waals surface area contributed by atoms with E-state index in [9.17, 15) is 0 Å². The van der Waals surface area contributed by atoms with Crippen molar-refractivity contribution in [1.29, 1.82) is 0 Å². The number of benzene rings is 2. The Hall–Kier alpha value is -2.30. The van der Waals surface area contributed by atoms with Crippen molar-refractivity contribution in [1.82, 2.24) is 14.5 Å². The lowest BCUT2D eigenvalue weighted by Gasteiger charge is -2.09. The largest absolute Gasteiger partial charge is 0.313 e. The maximum atomic E-state index is 6.02. The van der Waals surface area contributed by atoms with Gasteiger partial charge in [-0.3, -0.25) is 4.98 Å². The van der Waals surface area contributed by atoms with Gasteiger partial charge >= 0.3 is 0 Å². The van der Waals surface area contributed by atoms with Crippen LogP contribution in [0.2, 0.25) is 5.02 Å². The lowest BCUT2D eigenvalue weighted by atomic mass is 10.2. The van der Waals surface area contributed by atoms with Crippen LogP contribution in [0.15, 0.2) is 72.1 Å². The molecule has 130 valence electrons. The van der Waals surface area contributed by atoms with E-state index in [0.29, 0.717) is 0 Å². The van der Waals surface area contributed by atoms with Crippen molar-refractivity contribution in [3.63, 3.8) is 0 Å². The predicted octanol–water partition coefficient (Wildman–Crippen LogP) is 5.73. The number of aryl methyl sites for hydroxylation is 1. The third-order valence-corrected chi connectivity index (χ3v) is 5.52. The zero-order chi connectivity index (χ0) is 17.9. The van der Waals surface area contributed by atoms with Gasteiger partial charge in [0.05, 0.1) is 23.8 Å². The summed E-state index contributed by atoms with van der Waals surface area (Å²) in [4.78, 5) is 9.11.